The predicted octanol–water partition coefficient (Wildman–Crippen LogP) is 15.1. The van der Waals surface area contributed by atoms with E-state index in [1.54, 1.807) is 0 Å². The third-order valence-corrected chi connectivity index (χ3v) is 15.2. The second kappa shape index (κ2) is 17.5. The summed E-state index contributed by atoms with van der Waals surface area (Å²) < 4.78 is 12.1. The van der Waals surface area contributed by atoms with E-state index >= 15 is 0 Å². The molecule has 9 rings (SSSR count). The van der Waals surface area contributed by atoms with Gasteiger partial charge in [-0.15, -0.1) is 0 Å². The third kappa shape index (κ3) is 7.67. The number of rotatable bonds is 16. The zero-order valence-electron chi connectivity index (χ0n) is 37.6. The number of benzene rings is 6. The van der Waals surface area contributed by atoms with Crippen molar-refractivity contribution < 1.29 is 19.1 Å². The van der Waals surface area contributed by atoms with Crippen LogP contribution in [0.5, 0.6) is 0 Å². The molecule has 0 amide bonds. The Hall–Kier alpha value is -5.53. The van der Waals surface area contributed by atoms with Gasteiger partial charge in [-0.1, -0.05) is 145 Å². The summed E-state index contributed by atoms with van der Waals surface area (Å²) in [7, 11) is 0. The molecule has 0 aromatic heterocycles. The van der Waals surface area contributed by atoms with Gasteiger partial charge in [0.15, 0.2) is 0 Å². The summed E-state index contributed by atoms with van der Waals surface area (Å²) in [5.41, 5.74) is 20.7. The van der Waals surface area contributed by atoms with Crippen molar-refractivity contribution in [2.24, 2.45) is 0 Å². The van der Waals surface area contributed by atoms with Crippen molar-refractivity contribution in [1.82, 2.24) is 0 Å². The topological polar surface area (TPSA) is 52.6 Å². The van der Waals surface area contributed by atoms with Gasteiger partial charge in [0.25, 0.3) is 0 Å². The predicted molar refractivity (Wildman–Crippen MR) is 271 cm³/mol. The van der Waals surface area contributed by atoms with Gasteiger partial charge in [0.05, 0.1) is 13.2 Å². The number of halogens is 1. The lowest BCUT2D eigenvalue weighted by molar-refractivity contribution is -0.138. The number of carbonyl (C=O) groups excluding carboxylic acids is 2. The average Bonchev–Trinajstić information content (AvgIpc) is 3.80. The first-order valence-electron chi connectivity index (χ1n) is 23.0. The highest BCUT2D eigenvalue weighted by Crippen LogP contribution is 2.57. The van der Waals surface area contributed by atoms with Crippen LogP contribution in [0.4, 0.5) is 0 Å². The van der Waals surface area contributed by atoms with Crippen LogP contribution >= 0.6 is 22.6 Å². The Kier molecular flexibility index (Phi) is 11.9. The largest absolute Gasteiger partial charge is 0.463 e. The molecule has 4 nitrogen and oxygen atoms in total. The van der Waals surface area contributed by atoms with Crippen LogP contribution in [-0.4, -0.2) is 25.2 Å². The second-order valence-electron chi connectivity index (χ2n) is 19.0. The second-order valence-corrected chi connectivity index (χ2v) is 20.2. The number of unbranched alkanes of at least 4 members (excludes halogenated alkanes) is 4. The monoisotopic (exact) mass is 956 g/mol. The van der Waals surface area contributed by atoms with Crippen LogP contribution < -0.4 is 0 Å². The van der Waals surface area contributed by atoms with Crippen LogP contribution in [-0.2, 0) is 35.3 Å². The smallest absolute Gasteiger partial charge is 0.330 e. The fourth-order valence-corrected chi connectivity index (χ4v) is 11.7. The molecule has 6 aromatic rings. The van der Waals surface area contributed by atoms with Crippen LogP contribution in [0.1, 0.15) is 112 Å². The lowest BCUT2D eigenvalue weighted by atomic mass is 9.70. The quantitative estimate of drug-likeness (QED) is 0.0420. The van der Waals surface area contributed by atoms with Gasteiger partial charge >= 0.3 is 11.9 Å². The third-order valence-electron chi connectivity index (χ3n) is 14.6. The number of ether oxygens (including phenoxy) is 2. The number of hydrogen-bond donors (Lipinski definition) is 0. The highest BCUT2D eigenvalue weighted by molar-refractivity contribution is 14.1. The molecule has 0 radical (unpaired) electrons. The Balaban J connectivity index is 1.13. The molecule has 3 aliphatic rings. The first-order chi connectivity index (χ1) is 30.9. The molecule has 0 atom stereocenters. The van der Waals surface area contributed by atoms with Gasteiger partial charge < -0.3 is 9.47 Å². The van der Waals surface area contributed by atoms with Crippen molar-refractivity contribution in [1.29, 1.82) is 0 Å². The van der Waals surface area contributed by atoms with E-state index in [0.717, 1.165) is 51.4 Å². The maximum absolute atomic E-state index is 11.9. The number of hydrogen-bond acceptors (Lipinski definition) is 4. The molecule has 0 fully saturated rings. The minimum Gasteiger partial charge on any atom is -0.463 e. The van der Waals surface area contributed by atoms with E-state index in [1.165, 1.54) is 105 Å². The molecule has 0 bridgehead atoms. The van der Waals surface area contributed by atoms with E-state index in [-0.39, 0.29) is 28.2 Å². The Labute approximate surface area is 393 Å². The molecule has 324 valence electrons. The van der Waals surface area contributed by atoms with Crippen molar-refractivity contribution in [3.63, 3.8) is 0 Å². The van der Waals surface area contributed by atoms with Gasteiger partial charge in [-0.2, -0.15) is 0 Å². The van der Waals surface area contributed by atoms with Crippen molar-refractivity contribution in [3.05, 3.63) is 178 Å². The molecule has 0 heterocycles. The average molecular weight is 957 g/mol. The SMILES string of the molecule is C=CC(=O)OCCCCCC1(CCCCCOC(=O)C=C)c2cc(-c3ccc4c(c3)C(C)(C)c3ccccc3-4)ccc2-c2ccc(-c3ccc4c(c3)C(C)(C)c3cc(I)ccc3-4)cc21. The Bertz CT molecular complexity index is 2810. The molecule has 6 aromatic carbocycles. The highest BCUT2D eigenvalue weighted by Gasteiger charge is 2.43. The fraction of sp³-hybridized carbons (Fsp3) is 0.288. The number of carbonyl (C=O) groups is 2. The fourth-order valence-electron chi connectivity index (χ4n) is 11.2. The minimum absolute atomic E-state index is 0.0940. The summed E-state index contributed by atoms with van der Waals surface area (Å²) in [5.74, 6) is -0.748. The molecule has 0 saturated carbocycles. The van der Waals surface area contributed by atoms with Crippen molar-refractivity contribution in [3.8, 4) is 55.6 Å². The molecule has 5 heteroatoms. The summed E-state index contributed by atoms with van der Waals surface area (Å²) >= 11 is 2.43. The summed E-state index contributed by atoms with van der Waals surface area (Å²) in [4.78, 5) is 23.8. The van der Waals surface area contributed by atoms with E-state index in [1.807, 2.05) is 0 Å². The van der Waals surface area contributed by atoms with Gasteiger partial charge in [-0.3, -0.25) is 0 Å². The minimum atomic E-state index is -0.374. The molecule has 0 aliphatic heterocycles. The van der Waals surface area contributed by atoms with Gasteiger partial charge in [-0.25, -0.2) is 9.59 Å². The van der Waals surface area contributed by atoms with Crippen LogP contribution in [0.25, 0.3) is 55.6 Å². The summed E-state index contributed by atoms with van der Waals surface area (Å²) in [5, 5.41) is 0. The summed E-state index contributed by atoms with van der Waals surface area (Å²) in [6.45, 7) is 17.3. The number of esters is 2. The van der Waals surface area contributed by atoms with Gasteiger partial charge in [0, 0.05) is 32.0 Å². The Morgan fingerprint density at radius 1 is 0.469 bits per heavy atom. The lowest BCUT2D eigenvalue weighted by Crippen LogP contribution is -2.26. The van der Waals surface area contributed by atoms with Gasteiger partial charge in [0.1, 0.15) is 0 Å². The maximum Gasteiger partial charge on any atom is 0.330 e. The van der Waals surface area contributed by atoms with Crippen molar-refractivity contribution in [2.45, 2.75) is 95.3 Å². The van der Waals surface area contributed by atoms with E-state index in [0.29, 0.717) is 13.2 Å². The highest BCUT2D eigenvalue weighted by atomic mass is 127. The number of fused-ring (bicyclic) bond motifs is 9. The molecular weight excluding hydrogens is 900 g/mol. The van der Waals surface area contributed by atoms with E-state index in [9.17, 15) is 9.59 Å². The van der Waals surface area contributed by atoms with Crippen LogP contribution in [0.15, 0.2) is 141 Å². The molecule has 0 N–H and O–H groups in total. The van der Waals surface area contributed by atoms with Crippen molar-refractivity contribution >= 4 is 34.5 Å². The lowest BCUT2D eigenvalue weighted by Gasteiger charge is -2.33. The molecule has 64 heavy (non-hydrogen) atoms. The molecule has 0 saturated heterocycles. The van der Waals surface area contributed by atoms with Crippen LogP contribution in [0.2, 0.25) is 0 Å². The Morgan fingerprint density at radius 2 is 0.844 bits per heavy atom. The first-order valence-corrected chi connectivity index (χ1v) is 24.0. The zero-order valence-corrected chi connectivity index (χ0v) is 39.8. The molecule has 3 aliphatic carbocycles. The Morgan fingerprint density at radius 3 is 1.31 bits per heavy atom. The van der Waals surface area contributed by atoms with Crippen molar-refractivity contribution in [2.75, 3.05) is 13.2 Å². The molecular formula is C59H57IO4. The van der Waals surface area contributed by atoms with Crippen LogP contribution in [0.3, 0.4) is 0 Å². The summed E-state index contributed by atoms with van der Waals surface area (Å²) in [6, 6.07) is 44.2. The van der Waals surface area contributed by atoms with E-state index in [2.05, 4.69) is 179 Å². The van der Waals surface area contributed by atoms with Crippen LogP contribution in [0, 0.1) is 3.57 Å². The van der Waals surface area contributed by atoms with Gasteiger partial charge in [0.2, 0.25) is 0 Å². The molecule has 0 unspecified atom stereocenters. The van der Waals surface area contributed by atoms with Gasteiger partial charge in [-0.05, 0) is 174 Å². The standard InChI is InChI=1S/C59H57IO4/c1-7-55(61)63-31-15-9-13-29-59(30-14-10-16-32-64-56(62)8-2)53-35-40(38-19-24-44-43-17-11-12-18-49(43)57(3,4)50(44)33-38)21-26-47(53)48-27-22-41(36-54(48)59)39-20-25-45-46-28-23-42(60)37-52(46)58(5,6)51(45)34-39/h7-8,11-12,17-28,33-37H,1-2,9-10,13-16,29-32H2,3-6H3. The summed E-state index contributed by atoms with van der Waals surface area (Å²) in [6.07, 6.45) is 9.80. The molecule has 0 spiro atoms. The maximum atomic E-state index is 11.9. The van der Waals surface area contributed by atoms with E-state index in [4.69, 9.17) is 9.47 Å². The van der Waals surface area contributed by atoms with E-state index < -0.39 is 0 Å². The zero-order chi connectivity index (χ0) is 44.8. The first kappa shape index (κ1) is 43.7. The normalized spacial score (nSPS) is 15.0.